The van der Waals surface area contributed by atoms with Crippen LogP contribution in [-0.2, 0) is 11.3 Å². The van der Waals surface area contributed by atoms with Crippen LogP contribution in [0.25, 0.3) is 11.1 Å². The van der Waals surface area contributed by atoms with Crippen molar-refractivity contribution in [1.29, 1.82) is 0 Å². The molecule has 1 amide bonds. The fourth-order valence-corrected chi connectivity index (χ4v) is 2.76. The normalized spacial score (nSPS) is 15.0. The van der Waals surface area contributed by atoms with Gasteiger partial charge in [-0.1, -0.05) is 42.5 Å². The van der Waals surface area contributed by atoms with Crippen LogP contribution < -0.4 is 5.73 Å². The Labute approximate surface area is 142 Å². The molecule has 3 rings (SSSR count). The van der Waals surface area contributed by atoms with E-state index in [0.717, 1.165) is 44.0 Å². The van der Waals surface area contributed by atoms with Crippen molar-refractivity contribution in [2.45, 2.75) is 6.54 Å². The maximum atomic E-state index is 11.5. The summed E-state index contributed by atoms with van der Waals surface area (Å²) < 4.78 is 5.36. The average Bonchev–Trinajstić information content (AvgIpc) is 2.56. The molecule has 4 nitrogen and oxygen atoms in total. The monoisotopic (exact) mass is 332 g/mol. The predicted molar refractivity (Wildman–Crippen MR) is 93.7 cm³/mol. The summed E-state index contributed by atoms with van der Waals surface area (Å²) in [6, 6.07) is 15.8. The summed E-state index contributed by atoms with van der Waals surface area (Å²) in [5, 5.41) is 0. The first-order chi connectivity index (χ1) is 10.7. The van der Waals surface area contributed by atoms with Crippen molar-refractivity contribution >= 4 is 18.3 Å². The largest absolute Gasteiger partial charge is 0.379 e. The molecule has 122 valence electrons. The Hall–Kier alpha value is -1.88. The van der Waals surface area contributed by atoms with Gasteiger partial charge in [-0.2, -0.15) is 0 Å². The van der Waals surface area contributed by atoms with Crippen LogP contribution in [0.2, 0.25) is 0 Å². The first kappa shape index (κ1) is 17.5. The van der Waals surface area contributed by atoms with E-state index in [4.69, 9.17) is 10.5 Å². The second-order valence-corrected chi connectivity index (χ2v) is 5.50. The Bertz CT molecular complexity index is 652. The van der Waals surface area contributed by atoms with Crippen LogP contribution >= 0.6 is 12.4 Å². The first-order valence-corrected chi connectivity index (χ1v) is 7.52. The number of rotatable bonds is 4. The second-order valence-electron chi connectivity index (χ2n) is 5.50. The zero-order chi connectivity index (χ0) is 15.4. The molecule has 1 fully saturated rings. The molecule has 5 heteroatoms. The average molecular weight is 333 g/mol. The third kappa shape index (κ3) is 4.32. The Kier molecular flexibility index (Phi) is 6.16. The lowest BCUT2D eigenvalue weighted by molar-refractivity contribution is 0.0342. The number of halogens is 1. The molecule has 0 bridgehead atoms. The number of morpholine rings is 1. The highest BCUT2D eigenvalue weighted by molar-refractivity contribution is 5.99. The molecule has 0 unspecified atom stereocenters. The van der Waals surface area contributed by atoms with Crippen LogP contribution in [0.1, 0.15) is 15.9 Å². The molecule has 2 aromatic carbocycles. The van der Waals surface area contributed by atoms with Gasteiger partial charge in [-0.05, 0) is 22.8 Å². The Balaban J connectivity index is 0.00000192. The number of benzene rings is 2. The molecule has 0 radical (unpaired) electrons. The first-order valence-electron chi connectivity index (χ1n) is 7.52. The van der Waals surface area contributed by atoms with Crippen LogP contribution in [0.15, 0.2) is 48.5 Å². The zero-order valence-corrected chi connectivity index (χ0v) is 13.7. The molecular formula is C18H21ClN2O2. The van der Waals surface area contributed by atoms with Gasteiger partial charge in [0.15, 0.2) is 0 Å². The lowest BCUT2D eigenvalue weighted by Crippen LogP contribution is -2.35. The summed E-state index contributed by atoms with van der Waals surface area (Å²) in [6.45, 7) is 4.51. The third-order valence-corrected chi connectivity index (χ3v) is 3.97. The molecular weight excluding hydrogens is 312 g/mol. The summed E-state index contributed by atoms with van der Waals surface area (Å²) >= 11 is 0. The highest BCUT2D eigenvalue weighted by Crippen LogP contribution is 2.24. The van der Waals surface area contributed by atoms with Gasteiger partial charge in [0.1, 0.15) is 0 Å². The van der Waals surface area contributed by atoms with E-state index < -0.39 is 5.91 Å². The molecule has 2 aromatic rings. The number of amides is 1. The molecule has 23 heavy (non-hydrogen) atoms. The van der Waals surface area contributed by atoms with Gasteiger partial charge in [-0.15, -0.1) is 12.4 Å². The predicted octanol–water partition coefficient (Wildman–Crippen LogP) is 2.71. The van der Waals surface area contributed by atoms with Crippen LogP contribution in [0, 0.1) is 0 Å². The maximum absolute atomic E-state index is 11.5. The number of carbonyl (C=O) groups excluding carboxylic acids is 1. The van der Waals surface area contributed by atoms with Crippen LogP contribution in [0.3, 0.4) is 0 Å². The summed E-state index contributed by atoms with van der Waals surface area (Å²) in [6.07, 6.45) is 0. The lowest BCUT2D eigenvalue weighted by atomic mass is 9.98. The lowest BCUT2D eigenvalue weighted by Gasteiger charge is -2.26. The van der Waals surface area contributed by atoms with E-state index in [-0.39, 0.29) is 12.4 Å². The van der Waals surface area contributed by atoms with E-state index in [2.05, 4.69) is 29.2 Å². The molecule has 0 atom stereocenters. The standard InChI is InChI=1S/C18H20N2O2.ClH/c19-18(21)17-4-2-1-3-16(17)15-7-5-14(6-8-15)13-20-9-11-22-12-10-20;/h1-8H,9-13H2,(H2,19,21);1H. The van der Waals surface area contributed by atoms with Crippen LogP contribution in [0.5, 0.6) is 0 Å². The smallest absolute Gasteiger partial charge is 0.249 e. The number of primary amides is 1. The van der Waals surface area contributed by atoms with Crippen molar-refractivity contribution in [2.24, 2.45) is 5.73 Å². The Morgan fingerprint density at radius 3 is 2.35 bits per heavy atom. The number of ether oxygens (including phenoxy) is 1. The zero-order valence-electron chi connectivity index (χ0n) is 12.9. The summed E-state index contributed by atoms with van der Waals surface area (Å²) in [7, 11) is 0. The van der Waals surface area contributed by atoms with Crippen molar-refractivity contribution in [1.82, 2.24) is 4.90 Å². The Morgan fingerprint density at radius 2 is 1.70 bits per heavy atom. The topological polar surface area (TPSA) is 55.6 Å². The van der Waals surface area contributed by atoms with E-state index in [0.29, 0.717) is 5.56 Å². The van der Waals surface area contributed by atoms with Crippen molar-refractivity contribution in [3.05, 3.63) is 59.7 Å². The summed E-state index contributed by atoms with van der Waals surface area (Å²) in [4.78, 5) is 13.9. The fourth-order valence-electron chi connectivity index (χ4n) is 2.76. The number of nitrogens with two attached hydrogens (primary N) is 1. The van der Waals surface area contributed by atoms with Crippen LogP contribution in [0.4, 0.5) is 0 Å². The molecule has 1 saturated heterocycles. The number of carbonyl (C=O) groups is 1. The van der Waals surface area contributed by atoms with Crippen LogP contribution in [-0.4, -0.2) is 37.1 Å². The SMILES string of the molecule is Cl.NC(=O)c1ccccc1-c1ccc(CN2CCOCC2)cc1. The van der Waals surface area contributed by atoms with E-state index in [9.17, 15) is 4.79 Å². The van der Waals surface area contributed by atoms with E-state index in [1.165, 1.54) is 5.56 Å². The third-order valence-electron chi connectivity index (χ3n) is 3.97. The minimum Gasteiger partial charge on any atom is -0.379 e. The van der Waals surface area contributed by atoms with Crippen molar-refractivity contribution in [2.75, 3.05) is 26.3 Å². The van der Waals surface area contributed by atoms with Gasteiger partial charge in [0.2, 0.25) is 5.91 Å². The molecule has 1 aliphatic rings. The van der Waals surface area contributed by atoms with Crippen molar-refractivity contribution < 1.29 is 9.53 Å². The van der Waals surface area contributed by atoms with Gasteiger partial charge in [-0.3, -0.25) is 9.69 Å². The number of hydrogen-bond acceptors (Lipinski definition) is 3. The Morgan fingerprint density at radius 1 is 1.04 bits per heavy atom. The van der Waals surface area contributed by atoms with E-state index in [1.54, 1.807) is 6.07 Å². The number of nitrogens with zero attached hydrogens (tertiary/aromatic N) is 1. The highest BCUT2D eigenvalue weighted by Gasteiger charge is 2.12. The minimum absolute atomic E-state index is 0. The van der Waals surface area contributed by atoms with E-state index >= 15 is 0 Å². The number of hydrogen-bond donors (Lipinski definition) is 1. The molecule has 0 saturated carbocycles. The molecule has 0 aliphatic carbocycles. The molecule has 1 aliphatic heterocycles. The second kappa shape index (κ2) is 8.11. The summed E-state index contributed by atoms with van der Waals surface area (Å²) in [5.74, 6) is -0.395. The van der Waals surface area contributed by atoms with Gasteiger partial charge in [0.25, 0.3) is 0 Å². The van der Waals surface area contributed by atoms with Gasteiger partial charge >= 0.3 is 0 Å². The van der Waals surface area contributed by atoms with Gasteiger partial charge < -0.3 is 10.5 Å². The van der Waals surface area contributed by atoms with E-state index in [1.807, 2.05) is 18.2 Å². The van der Waals surface area contributed by atoms with Crippen molar-refractivity contribution in [3.63, 3.8) is 0 Å². The van der Waals surface area contributed by atoms with Gasteiger partial charge in [-0.25, -0.2) is 0 Å². The minimum atomic E-state index is -0.395. The van der Waals surface area contributed by atoms with Crippen molar-refractivity contribution in [3.8, 4) is 11.1 Å². The highest BCUT2D eigenvalue weighted by atomic mass is 35.5. The van der Waals surface area contributed by atoms with Gasteiger partial charge in [0.05, 0.1) is 13.2 Å². The maximum Gasteiger partial charge on any atom is 0.249 e. The molecule has 1 heterocycles. The quantitative estimate of drug-likeness (QED) is 0.936. The molecule has 0 spiro atoms. The fraction of sp³-hybridized carbons (Fsp3) is 0.278. The summed E-state index contributed by atoms with van der Waals surface area (Å²) in [5.41, 5.74) is 9.17. The van der Waals surface area contributed by atoms with Gasteiger partial charge in [0, 0.05) is 25.2 Å². The molecule has 0 aromatic heterocycles. The molecule has 2 N–H and O–H groups in total.